The molecular weight excluding hydrogens is 254 g/mol. The molecule has 98 valence electrons. The summed E-state index contributed by atoms with van der Waals surface area (Å²) in [7, 11) is -3.77. The standard InChI is InChI=1S/C12H15NO4S/c1-9-3-5-10(6-4-9)18(16,17)13-12(11(14)15)7-2-8-12/h3-6,13H,2,7-8H2,1H3,(H,14,15). The summed E-state index contributed by atoms with van der Waals surface area (Å²) in [5, 5.41) is 9.11. The molecule has 0 atom stereocenters. The third-order valence-electron chi connectivity index (χ3n) is 3.28. The number of rotatable bonds is 4. The molecule has 0 aromatic heterocycles. The van der Waals surface area contributed by atoms with Gasteiger partial charge in [-0.25, -0.2) is 8.42 Å². The second kappa shape index (κ2) is 4.37. The summed E-state index contributed by atoms with van der Waals surface area (Å²) in [5.74, 6) is -1.11. The SMILES string of the molecule is Cc1ccc(S(=O)(=O)NC2(C(=O)O)CCC2)cc1. The number of aliphatic carboxylic acids is 1. The molecule has 0 spiro atoms. The fraction of sp³-hybridized carbons (Fsp3) is 0.417. The van der Waals surface area contributed by atoms with E-state index in [2.05, 4.69) is 4.72 Å². The molecular formula is C12H15NO4S. The van der Waals surface area contributed by atoms with Crippen LogP contribution in [0.4, 0.5) is 0 Å². The van der Waals surface area contributed by atoms with Crippen molar-refractivity contribution in [1.29, 1.82) is 0 Å². The molecule has 0 bridgehead atoms. The first-order chi connectivity index (χ1) is 8.36. The molecule has 0 saturated heterocycles. The van der Waals surface area contributed by atoms with Crippen molar-refractivity contribution in [3.05, 3.63) is 29.8 Å². The first-order valence-corrected chi connectivity index (χ1v) is 7.18. The fourth-order valence-corrected chi connectivity index (χ4v) is 3.34. The van der Waals surface area contributed by atoms with Crippen molar-refractivity contribution < 1.29 is 18.3 Å². The molecule has 6 heteroatoms. The molecule has 18 heavy (non-hydrogen) atoms. The van der Waals surface area contributed by atoms with Gasteiger partial charge in [0.25, 0.3) is 0 Å². The lowest BCUT2D eigenvalue weighted by atomic mass is 9.78. The number of hydrogen-bond donors (Lipinski definition) is 2. The molecule has 2 N–H and O–H groups in total. The molecule has 1 aliphatic rings. The van der Waals surface area contributed by atoms with Gasteiger partial charge in [0, 0.05) is 0 Å². The van der Waals surface area contributed by atoms with Crippen LogP contribution in [0, 0.1) is 6.92 Å². The lowest BCUT2D eigenvalue weighted by Crippen LogP contribution is -2.58. The van der Waals surface area contributed by atoms with Crippen LogP contribution in [0.2, 0.25) is 0 Å². The van der Waals surface area contributed by atoms with Crippen molar-refractivity contribution in [2.45, 2.75) is 36.6 Å². The predicted octanol–water partition coefficient (Wildman–Crippen LogP) is 1.28. The minimum absolute atomic E-state index is 0.0978. The number of sulfonamides is 1. The van der Waals surface area contributed by atoms with Gasteiger partial charge in [-0.1, -0.05) is 17.7 Å². The Balaban J connectivity index is 2.27. The number of benzene rings is 1. The molecule has 0 amide bonds. The fourth-order valence-electron chi connectivity index (χ4n) is 1.92. The highest BCUT2D eigenvalue weighted by molar-refractivity contribution is 7.89. The van der Waals surface area contributed by atoms with E-state index in [1.807, 2.05) is 6.92 Å². The van der Waals surface area contributed by atoms with Gasteiger partial charge < -0.3 is 5.11 Å². The van der Waals surface area contributed by atoms with E-state index in [0.717, 1.165) is 12.0 Å². The summed E-state index contributed by atoms with van der Waals surface area (Å²) in [6.07, 6.45) is 1.41. The van der Waals surface area contributed by atoms with Gasteiger partial charge in [0.05, 0.1) is 4.90 Å². The molecule has 5 nitrogen and oxygen atoms in total. The predicted molar refractivity (Wildman–Crippen MR) is 65.7 cm³/mol. The van der Waals surface area contributed by atoms with Gasteiger partial charge in [-0.05, 0) is 38.3 Å². The number of carboxylic acids is 1. The van der Waals surface area contributed by atoms with E-state index in [9.17, 15) is 13.2 Å². The van der Waals surface area contributed by atoms with Gasteiger partial charge in [0.1, 0.15) is 5.54 Å². The highest BCUT2D eigenvalue weighted by Gasteiger charge is 2.47. The second-order valence-electron chi connectivity index (χ2n) is 4.66. The lowest BCUT2D eigenvalue weighted by molar-refractivity contribution is -0.147. The minimum atomic E-state index is -3.77. The van der Waals surface area contributed by atoms with Crippen LogP contribution in [-0.2, 0) is 14.8 Å². The number of nitrogens with one attached hydrogen (secondary N) is 1. The minimum Gasteiger partial charge on any atom is -0.480 e. The van der Waals surface area contributed by atoms with Gasteiger partial charge in [-0.3, -0.25) is 4.79 Å². The Morgan fingerprint density at radius 3 is 2.22 bits per heavy atom. The average Bonchev–Trinajstić information content (AvgIpc) is 2.23. The quantitative estimate of drug-likeness (QED) is 0.862. The third kappa shape index (κ3) is 2.26. The van der Waals surface area contributed by atoms with Crippen LogP contribution < -0.4 is 4.72 Å². The molecule has 2 rings (SSSR count). The molecule has 0 aliphatic heterocycles. The zero-order valence-corrected chi connectivity index (χ0v) is 10.8. The largest absolute Gasteiger partial charge is 0.480 e. The molecule has 1 aromatic carbocycles. The second-order valence-corrected chi connectivity index (χ2v) is 6.34. The Morgan fingerprint density at radius 1 is 1.28 bits per heavy atom. The molecule has 1 aliphatic carbocycles. The van der Waals surface area contributed by atoms with E-state index in [-0.39, 0.29) is 4.90 Å². The number of carboxylic acid groups (broad SMARTS) is 1. The topological polar surface area (TPSA) is 83.5 Å². The Hall–Kier alpha value is -1.40. The molecule has 1 aromatic rings. The van der Waals surface area contributed by atoms with Crippen LogP contribution in [0.15, 0.2) is 29.2 Å². The third-order valence-corrected chi connectivity index (χ3v) is 4.83. The summed E-state index contributed by atoms with van der Waals surface area (Å²) < 4.78 is 26.5. The average molecular weight is 269 g/mol. The Morgan fingerprint density at radius 2 is 1.83 bits per heavy atom. The van der Waals surface area contributed by atoms with Crippen LogP contribution in [0.5, 0.6) is 0 Å². The van der Waals surface area contributed by atoms with Crippen molar-refractivity contribution in [1.82, 2.24) is 4.72 Å². The van der Waals surface area contributed by atoms with Crippen LogP contribution in [0.1, 0.15) is 24.8 Å². The maximum absolute atomic E-state index is 12.1. The maximum atomic E-state index is 12.1. The zero-order chi connectivity index (χ0) is 13.4. The van der Waals surface area contributed by atoms with Gasteiger partial charge in [0.15, 0.2) is 0 Å². The molecule has 1 fully saturated rings. The Kier molecular flexibility index (Phi) is 3.16. The number of carbonyl (C=O) groups is 1. The Bertz CT molecular complexity index is 558. The smallest absolute Gasteiger partial charge is 0.324 e. The van der Waals surface area contributed by atoms with Crippen molar-refractivity contribution in [3.63, 3.8) is 0 Å². The monoisotopic (exact) mass is 269 g/mol. The summed E-state index contributed by atoms with van der Waals surface area (Å²) in [6, 6.07) is 6.32. The van der Waals surface area contributed by atoms with Gasteiger partial charge in [-0.15, -0.1) is 0 Å². The van der Waals surface area contributed by atoms with Crippen molar-refractivity contribution in [2.24, 2.45) is 0 Å². The van der Waals surface area contributed by atoms with Crippen molar-refractivity contribution >= 4 is 16.0 Å². The van der Waals surface area contributed by atoms with Crippen molar-refractivity contribution in [2.75, 3.05) is 0 Å². The molecule has 0 unspecified atom stereocenters. The first-order valence-electron chi connectivity index (χ1n) is 5.70. The maximum Gasteiger partial charge on any atom is 0.324 e. The van der Waals surface area contributed by atoms with Crippen LogP contribution in [-0.4, -0.2) is 25.0 Å². The van der Waals surface area contributed by atoms with Crippen molar-refractivity contribution in [3.8, 4) is 0 Å². The van der Waals surface area contributed by atoms with E-state index in [1.54, 1.807) is 12.1 Å². The summed E-state index contributed by atoms with van der Waals surface area (Å²) in [5.41, 5.74) is -0.366. The summed E-state index contributed by atoms with van der Waals surface area (Å²) in [6.45, 7) is 1.86. The lowest BCUT2D eigenvalue weighted by Gasteiger charge is -2.37. The van der Waals surface area contributed by atoms with E-state index < -0.39 is 21.5 Å². The zero-order valence-electron chi connectivity index (χ0n) is 10.0. The Labute approximate surface area is 106 Å². The summed E-state index contributed by atoms with van der Waals surface area (Å²) in [4.78, 5) is 11.2. The van der Waals surface area contributed by atoms with E-state index in [1.165, 1.54) is 12.1 Å². The van der Waals surface area contributed by atoms with Crippen LogP contribution in [0.25, 0.3) is 0 Å². The normalized spacial score (nSPS) is 18.1. The first kappa shape index (κ1) is 13.0. The molecule has 1 saturated carbocycles. The van der Waals surface area contributed by atoms with E-state index >= 15 is 0 Å². The van der Waals surface area contributed by atoms with E-state index in [4.69, 9.17) is 5.11 Å². The summed E-state index contributed by atoms with van der Waals surface area (Å²) >= 11 is 0. The number of aryl methyl sites for hydroxylation is 1. The molecule has 0 heterocycles. The van der Waals surface area contributed by atoms with Gasteiger partial charge >= 0.3 is 5.97 Å². The number of hydrogen-bond acceptors (Lipinski definition) is 3. The highest BCUT2D eigenvalue weighted by Crippen LogP contribution is 2.33. The molecule has 0 radical (unpaired) electrons. The van der Waals surface area contributed by atoms with E-state index in [0.29, 0.717) is 12.8 Å². The highest BCUT2D eigenvalue weighted by atomic mass is 32.2. The van der Waals surface area contributed by atoms with Gasteiger partial charge in [-0.2, -0.15) is 4.72 Å². The van der Waals surface area contributed by atoms with Gasteiger partial charge in [0.2, 0.25) is 10.0 Å². The van der Waals surface area contributed by atoms with Crippen LogP contribution in [0.3, 0.4) is 0 Å². The van der Waals surface area contributed by atoms with Crippen LogP contribution >= 0.6 is 0 Å².